The number of hydrogen-bond donors (Lipinski definition) is 1. The summed E-state index contributed by atoms with van der Waals surface area (Å²) in [5.41, 5.74) is 5.67. The fraction of sp³-hybridized carbons (Fsp3) is 0.200. The van der Waals surface area contributed by atoms with Crippen LogP contribution in [0, 0.1) is 0 Å². The van der Waals surface area contributed by atoms with Gasteiger partial charge in [0.2, 0.25) is 0 Å². The molecule has 0 spiro atoms. The summed E-state index contributed by atoms with van der Waals surface area (Å²) in [6.45, 7) is 0.525. The van der Waals surface area contributed by atoms with Gasteiger partial charge >= 0.3 is 6.18 Å². The number of hydrogen-bond acceptors (Lipinski definition) is 2. The molecule has 0 saturated heterocycles. The lowest BCUT2D eigenvalue weighted by Crippen LogP contribution is -2.06. The molecule has 106 valence electrons. The third-order valence-corrected chi connectivity index (χ3v) is 2.78. The van der Waals surface area contributed by atoms with E-state index in [-0.39, 0.29) is 5.75 Å². The molecule has 0 unspecified atom stereocenters. The fourth-order valence-electron chi connectivity index (χ4n) is 1.81. The van der Waals surface area contributed by atoms with E-state index < -0.39 is 11.7 Å². The Bertz CT molecular complexity index is 564. The molecule has 2 aromatic carbocycles. The number of ether oxygens (including phenoxy) is 1. The quantitative estimate of drug-likeness (QED) is 0.919. The molecule has 5 heteroatoms. The first-order chi connectivity index (χ1) is 9.50. The van der Waals surface area contributed by atoms with Crippen molar-refractivity contribution in [2.45, 2.75) is 12.6 Å². The van der Waals surface area contributed by atoms with E-state index in [9.17, 15) is 13.2 Å². The first kappa shape index (κ1) is 14.4. The predicted molar refractivity (Wildman–Crippen MR) is 70.7 cm³/mol. The molecule has 0 heterocycles. The van der Waals surface area contributed by atoms with Crippen molar-refractivity contribution in [1.82, 2.24) is 0 Å². The molecule has 0 aliphatic heterocycles. The largest absolute Gasteiger partial charge is 0.457 e. The van der Waals surface area contributed by atoms with Crippen molar-refractivity contribution in [3.05, 3.63) is 59.7 Å². The lowest BCUT2D eigenvalue weighted by atomic mass is 10.1. The van der Waals surface area contributed by atoms with Crippen LogP contribution >= 0.6 is 0 Å². The lowest BCUT2D eigenvalue weighted by Gasteiger charge is -2.13. The van der Waals surface area contributed by atoms with E-state index in [1.807, 2.05) is 0 Å². The summed E-state index contributed by atoms with van der Waals surface area (Å²) < 4.78 is 43.8. The number of halogens is 3. The second-order valence-electron chi connectivity index (χ2n) is 4.28. The Kier molecular flexibility index (Phi) is 4.29. The average Bonchev–Trinajstić information content (AvgIpc) is 2.41. The van der Waals surface area contributed by atoms with Crippen LogP contribution in [0.1, 0.15) is 11.1 Å². The number of benzene rings is 2. The van der Waals surface area contributed by atoms with E-state index in [1.165, 1.54) is 18.2 Å². The summed E-state index contributed by atoms with van der Waals surface area (Å²) in [4.78, 5) is 0. The minimum Gasteiger partial charge on any atom is -0.457 e. The highest BCUT2D eigenvalue weighted by atomic mass is 19.4. The molecule has 0 aliphatic rings. The fourth-order valence-corrected chi connectivity index (χ4v) is 1.81. The highest BCUT2D eigenvalue weighted by molar-refractivity contribution is 5.40. The van der Waals surface area contributed by atoms with E-state index in [0.717, 1.165) is 18.1 Å². The Hall–Kier alpha value is -2.01. The Morgan fingerprint density at radius 3 is 2.20 bits per heavy atom. The van der Waals surface area contributed by atoms with Crippen molar-refractivity contribution >= 4 is 0 Å². The smallest absolute Gasteiger partial charge is 0.419 e. The van der Waals surface area contributed by atoms with E-state index in [2.05, 4.69) is 0 Å². The molecule has 20 heavy (non-hydrogen) atoms. The summed E-state index contributed by atoms with van der Waals surface area (Å²) in [5.74, 6) is 0.161. The average molecular weight is 281 g/mol. The zero-order valence-corrected chi connectivity index (χ0v) is 10.7. The van der Waals surface area contributed by atoms with Crippen LogP contribution in [0.5, 0.6) is 11.5 Å². The Labute approximate surface area is 115 Å². The van der Waals surface area contributed by atoms with Gasteiger partial charge in [0.05, 0.1) is 5.56 Å². The van der Waals surface area contributed by atoms with Crippen molar-refractivity contribution < 1.29 is 17.9 Å². The molecule has 2 N–H and O–H groups in total. The van der Waals surface area contributed by atoms with Crippen LogP contribution in [0.4, 0.5) is 13.2 Å². The van der Waals surface area contributed by atoms with Gasteiger partial charge in [0.1, 0.15) is 11.5 Å². The van der Waals surface area contributed by atoms with Gasteiger partial charge in [-0.25, -0.2) is 0 Å². The van der Waals surface area contributed by atoms with Crippen LogP contribution in [-0.2, 0) is 12.6 Å². The van der Waals surface area contributed by atoms with Gasteiger partial charge in [0, 0.05) is 0 Å². The van der Waals surface area contributed by atoms with Gasteiger partial charge in [-0.2, -0.15) is 13.2 Å². The number of nitrogens with two attached hydrogens (primary N) is 1. The minimum atomic E-state index is -4.43. The highest BCUT2D eigenvalue weighted by Crippen LogP contribution is 2.37. The van der Waals surface area contributed by atoms with Crippen LogP contribution in [-0.4, -0.2) is 6.54 Å². The summed E-state index contributed by atoms with van der Waals surface area (Å²) in [6, 6.07) is 12.0. The Balaban J connectivity index is 2.22. The van der Waals surface area contributed by atoms with Crippen molar-refractivity contribution in [2.75, 3.05) is 6.54 Å². The summed E-state index contributed by atoms with van der Waals surface area (Å²) in [5, 5.41) is 0. The third-order valence-electron chi connectivity index (χ3n) is 2.78. The molecule has 0 saturated carbocycles. The number of rotatable bonds is 4. The second-order valence-corrected chi connectivity index (χ2v) is 4.28. The van der Waals surface area contributed by atoms with Crippen LogP contribution in [0.15, 0.2) is 48.5 Å². The van der Waals surface area contributed by atoms with Crippen LogP contribution in [0.3, 0.4) is 0 Å². The Morgan fingerprint density at radius 2 is 1.60 bits per heavy atom. The maximum absolute atomic E-state index is 12.8. The summed E-state index contributed by atoms with van der Waals surface area (Å²) >= 11 is 0. The third kappa shape index (κ3) is 3.51. The molecule has 2 nitrogen and oxygen atoms in total. The number of alkyl halides is 3. The summed E-state index contributed by atoms with van der Waals surface area (Å²) in [6.07, 6.45) is -3.71. The Morgan fingerprint density at radius 1 is 0.950 bits per heavy atom. The molecule has 0 fully saturated rings. The normalized spacial score (nSPS) is 11.4. The molecular weight excluding hydrogens is 267 g/mol. The predicted octanol–water partition coefficient (Wildman–Crippen LogP) is 4.00. The molecule has 0 aliphatic carbocycles. The first-order valence-electron chi connectivity index (χ1n) is 6.14. The van der Waals surface area contributed by atoms with Crippen molar-refractivity contribution in [2.24, 2.45) is 5.73 Å². The van der Waals surface area contributed by atoms with Crippen molar-refractivity contribution in [3.8, 4) is 11.5 Å². The zero-order chi connectivity index (χ0) is 14.6. The van der Waals surface area contributed by atoms with Gasteiger partial charge in [0.25, 0.3) is 0 Å². The van der Waals surface area contributed by atoms with Gasteiger partial charge in [-0.1, -0.05) is 24.3 Å². The molecule has 0 atom stereocenters. The lowest BCUT2D eigenvalue weighted by molar-refractivity contribution is -0.138. The van der Waals surface area contributed by atoms with E-state index in [4.69, 9.17) is 10.5 Å². The number of para-hydroxylation sites is 1. The van der Waals surface area contributed by atoms with E-state index >= 15 is 0 Å². The SMILES string of the molecule is NCCc1ccc(Oc2ccccc2C(F)(F)F)cc1. The van der Waals surface area contributed by atoms with Crippen LogP contribution in [0.25, 0.3) is 0 Å². The molecule has 0 amide bonds. The van der Waals surface area contributed by atoms with Gasteiger partial charge in [0.15, 0.2) is 0 Å². The topological polar surface area (TPSA) is 35.2 Å². The summed E-state index contributed by atoms with van der Waals surface area (Å²) in [7, 11) is 0. The second kappa shape index (κ2) is 5.96. The van der Waals surface area contributed by atoms with Gasteiger partial charge in [-0.15, -0.1) is 0 Å². The molecular formula is C15H14F3NO. The van der Waals surface area contributed by atoms with Gasteiger partial charge < -0.3 is 10.5 Å². The van der Waals surface area contributed by atoms with E-state index in [1.54, 1.807) is 24.3 Å². The molecule has 2 rings (SSSR count). The monoisotopic (exact) mass is 281 g/mol. The van der Waals surface area contributed by atoms with Crippen molar-refractivity contribution in [3.63, 3.8) is 0 Å². The zero-order valence-electron chi connectivity index (χ0n) is 10.7. The van der Waals surface area contributed by atoms with Gasteiger partial charge in [-0.05, 0) is 42.8 Å². The van der Waals surface area contributed by atoms with E-state index in [0.29, 0.717) is 12.3 Å². The minimum absolute atomic E-state index is 0.202. The highest BCUT2D eigenvalue weighted by Gasteiger charge is 2.34. The molecule has 2 aromatic rings. The van der Waals surface area contributed by atoms with Crippen molar-refractivity contribution in [1.29, 1.82) is 0 Å². The van der Waals surface area contributed by atoms with Gasteiger partial charge in [-0.3, -0.25) is 0 Å². The van der Waals surface area contributed by atoms with Crippen LogP contribution in [0.2, 0.25) is 0 Å². The first-order valence-corrected chi connectivity index (χ1v) is 6.14. The maximum atomic E-state index is 12.8. The van der Waals surface area contributed by atoms with Crippen LogP contribution < -0.4 is 10.5 Å². The molecule has 0 bridgehead atoms. The molecule has 0 radical (unpaired) electrons. The molecule has 0 aromatic heterocycles. The maximum Gasteiger partial charge on any atom is 0.419 e. The standard InChI is InChI=1S/C15H14F3NO/c16-15(17,18)13-3-1-2-4-14(13)20-12-7-5-11(6-8-12)9-10-19/h1-8H,9-10,19H2.